The highest BCUT2D eigenvalue weighted by molar-refractivity contribution is 6.05. The Labute approximate surface area is 60.3 Å². The van der Waals surface area contributed by atoms with Crippen LogP contribution in [-0.4, -0.2) is 10.2 Å². The molecule has 0 aliphatic carbocycles. The Morgan fingerprint density at radius 2 is 1.44 bits per heavy atom. The molecule has 0 N–H and O–H groups in total. The van der Waals surface area contributed by atoms with Gasteiger partial charge in [-0.2, -0.15) is 0 Å². The number of benzene rings is 1. The molecule has 0 aliphatic heterocycles. The molecule has 0 atom stereocenters. The molecular weight excluding hydrogens is 124 g/mol. The Hall–Kier alpha value is -0.563. The fourth-order valence-corrected chi connectivity index (χ4v) is 0.534. The van der Waals surface area contributed by atoms with E-state index < -0.39 is 0 Å². The van der Waals surface area contributed by atoms with Crippen molar-refractivity contribution < 1.29 is 0 Å². The van der Waals surface area contributed by atoms with Gasteiger partial charge in [-0.25, -0.2) is 0 Å². The summed E-state index contributed by atoms with van der Waals surface area (Å²) in [5.74, 6) is 0. The van der Waals surface area contributed by atoms with Crippen LogP contribution in [0.1, 0.15) is 5.56 Å². The van der Waals surface area contributed by atoms with Gasteiger partial charge in [0.2, 0.25) is 0 Å². The molecule has 1 aromatic carbocycles. The first-order chi connectivity index (χ1) is 4.39. The zero-order chi connectivity index (χ0) is 7.11. The maximum absolute atomic E-state index is 2.14. The molecule has 0 fully saturated rings. The van der Waals surface area contributed by atoms with Crippen LogP contribution in [0.5, 0.6) is 0 Å². The first-order valence-electron chi connectivity index (χ1n) is 3.41. The number of aryl methyl sites for hydroxylation is 1. The largest absolute Gasteiger partial charge is 0.0777 e. The lowest BCUT2D eigenvalue weighted by Gasteiger charge is -1.82. The van der Waals surface area contributed by atoms with E-state index in [9.17, 15) is 0 Å². The second-order valence-electron chi connectivity index (χ2n) is 1.65. The molecule has 1 rings (SSSR count). The average Bonchev–Trinajstić information content (AvgIpc) is 1.94. The minimum Gasteiger partial charge on any atom is -0.0777 e. The van der Waals surface area contributed by atoms with Gasteiger partial charge in [0.1, 0.15) is 0 Å². The molecule has 0 saturated carbocycles. The summed E-state index contributed by atoms with van der Waals surface area (Å²) in [6, 6.07) is 10.3. The minimum atomic E-state index is 1.31. The molecule has 1 aromatic rings. The van der Waals surface area contributed by atoms with Crippen molar-refractivity contribution in [3.63, 3.8) is 0 Å². The lowest BCUT2D eigenvalue weighted by Crippen LogP contribution is -1.62. The van der Waals surface area contributed by atoms with Crippen molar-refractivity contribution in [1.29, 1.82) is 0 Å². The molecule has 0 heterocycles. The van der Waals surface area contributed by atoms with E-state index in [2.05, 4.69) is 25.6 Å². The molecule has 0 aromatic heterocycles. The highest BCUT2D eigenvalue weighted by Gasteiger charge is 1.72. The third kappa shape index (κ3) is 3.97. The summed E-state index contributed by atoms with van der Waals surface area (Å²) in [7, 11) is 1.31. The van der Waals surface area contributed by atoms with Crippen LogP contribution in [0.2, 0.25) is 6.55 Å². The molecule has 0 unspecified atom stereocenters. The van der Waals surface area contributed by atoms with Crippen LogP contribution in [-0.2, 0) is 0 Å². The van der Waals surface area contributed by atoms with E-state index in [1.807, 2.05) is 18.2 Å². The SMILES string of the molecule is C[SiH3].Cc1ccccc1. The molecule has 0 radical (unpaired) electrons. The Morgan fingerprint density at radius 3 is 1.67 bits per heavy atom. The van der Waals surface area contributed by atoms with E-state index in [0.29, 0.717) is 0 Å². The molecule has 0 bridgehead atoms. The quantitative estimate of drug-likeness (QED) is 0.475. The monoisotopic (exact) mass is 138 g/mol. The van der Waals surface area contributed by atoms with E-state index in [1.54, 1.807) is 0 Å². The van der Waals surface area contributed by atoms with Crippen LogP contribution in [0.25, 0.3) is 0 Å². The topological polar surface area (TPSA) is 0 Å². The molecular formula is C8H14Si. The van der Waals surface area contributed by atoms with E-state index in [-0.39, 0.29) is 0 Å². The Bertz CT molecular complexity index is 134. The summed E-state index contributed by atoms with van der Waals surface area (Å²) in [4.78, 5) is 0. The van der Waals surface area contributed by atoms with E-state index in [4.69, 9.17) is 0 Å². The fraction of sp³-hybridized carbons (Fsp3) is 0.250. The molecule has 0 spiro atoms. The number of hydrogen-bond donors (Lipinski definition) is 0. The summed E-state index contributed by atoms with van der Waals surface area (Å²) in [6.07, 6.45) is 0. The minimum absolute atomic E-state index is 1.31. The van der Waals surface area contributed by atoms with E-state index in [1.165, 1.54) is 15.8 Å². The van der Waals surface area contributed by atoms with Gasteiger partial charge in [-0.05, 0) is 17.2 Å². The van der Waals surface area contributed by atoms with Crippen molar-refractivity contribution in [1.82, 2.24) is 0 Å². The first-order valence-corrected chi connectivity index (χ1v) is 5.41. The van der Waals surface area contributed by atoms with Gasteiger partial charge in [0.25, 0.3) is 0 Å². The summed E-state index contributed by atoms with van der Waals surface area (Å²) in [6.45, 7) is 4.22. The van der Waals surface area contributed by atoms with Crippen molar-refractivity contribution in [3.8, 4) is 0 Å². The van der Waals surface area contributed by atoms with Gasteiger partial charge in [0.05, 0.1) is 0 Å². The van der Waals surface area contributed by atoms with Crippen molar-refractivity contribution in [2.24, 2.45) is 0 Å². The molecule has 0 saturated heterocycles. The van der Waals surface area contributed by atoms with Crippen molar-refractivity contribution in [2.45, 2.75) is 13.5 Å². The molecule has 0 amide bonds. The van der Waals surface area contributed by atoms with Crippen molar-refractivity contribution in [3.05, 3.63) is 35.9 Å². The van der Waals surface area contributed by atoms with Crippen LogP contribution < -0.4 is 0 Å². The lowest BCUT2D eigenvalue weighted by atomic mass is 10.2. The Kier molecular flexibility index (Phi) is 5.22. The average molecular weight is 138 g/mol. The van der Waals surface area contributed by atoms with Crippen LogP contribution >= 0.6 is 0 Å². The molecule has 1 heteroatoms. The second kappa shape index (κ2) is 5.57. The summed E-state index contributed by atoms with van der Waals surface area (Å²) in [5.41, 5.74) is 1.32. The fourth-order valence-electron chi connectivity index (χ4n) is 0.534. The zero-order valence-electron chi connectivity index (χ0n) is 6.39. The summed E-state index contributed by atoms with van der Waals surface area (Å²) in [5, 5.41) is 0. The molecule has 50 valence electrons. The lowest BCUT2D eigenvalue weighted by molar-refractivity contribution is 1.48. The van der Waals surface area contributed by atoms with Gasteiger partial charge in [-0.1, -0.05) is 42.4 Å². The highest BCUT2D eigenvalue weighted by atomic mass is 28.1. The van der Waals surface area contributed by atoms with Gasteiger partial charge >= 0.3 is 0 Å². The molecule has 0 nitrogen and oxygen atoms in total. The first kappa shape index (κ1) is 8.44. The smallest absolute Gasteiger partial charge is 0.000585 e. The normalized spacial score (nSPS) is 7.78. The van der Waals surface area contributed by atoms with Crippen LogP contribution in [0.3, 0.4) is 0 Å². The Balaban J connectivity index is 0.000000291. The maximum Gasteiger partial charge on any atom is -0.000585 e. The van der Waals surface area contributed by atoms with E-state index >= 15 is 0 Å². The second-order valence-corrected chi connectivity index (χ2v) is 1.65. The standard InChI is InChI=1S/C7H8.CH6Si/c1-7-5-3-2-4-6-7;1-2/h2-6H,1H3;1-2H3. The predicted molar refractivity (Wildman–Crippen MR) is 47.0 cm³/mol. The summed E-state index contributed by atoms with van der Waals surface area (Å²) < 4.78 is 0. The van der Waals surface area contributed by atoms with E-state index in [0.717, 1.165) is 0 Å². The Morgan fingerprint density at radius 1 is 1.00 bits per heavy atom. The van der Waals surface area contributed by atoms with Crippen LogP contribution in [0, 0.1) is 6.92 Å². The van der Waals surface area contributed by atoms with Crippen molar-refractivity contribution in [2.75, 3.05) is 0 Å². The third-order valence-corrected chi connectivity index (χ3v) is 0.940. The van der Waals surface area contributed by atoms with Crippen molar-refractivity contribution >= 4 is 10.2 Å². The maximum atomic E-state index is 2.14. The predicted octanol–water partition coefficient (Wildman–Crippen LogP) is 1.39. The van der Waals surface area contributed by atoms with Gasteiger partial charge in [-0.15, -0.1) is 0 Å². The third-order valence-electron chi connectivity index (χ3n) is 0.940. The molecule has 0 aliphatic rings. The highest BCUT2D eigenvalue weighted by Crippen LogP contribution is 1.92. The molecule has 9 heavy (non-hydrogen) atoms. The summed E-state index contributed by atoms with van der Waals surface area (Å²) >= 11 is 0. The van der Waals surface area contributed by atoms with Gasteiger partial charge in [-0.3, -0.25) is 0 Å². The van der Waals surface area contributed by atoms with Crippen LogP contribution in [0.15, 0.2) is 30.3 Å². The van der Waals surface area contributed by atoms with Crippen LogP contribution in [0.4, 0.5) is 0 Å². The number of rotatable bonds is 0. The van der Waals surface area contributed by atoms with Gasteiger partial charge in [0, 0.05) is 0 Å². The van der Waals surface area contributed by atoms with Gasteiger partial charge < -0.3 is 0 Å². The number of hydrogen-bond acceptors (Lipinski definition) is 0. The van der Waals surface area contributed by atoms with Gasteiger partial charge in [0.15, 0.2) is 0 Å². The zero-order valence-corrected chi connectivity index (χ0v) is 8.39.